The summed E-state index contributed by atoms with van der Waals surface area (Å²) in [7, 11) is 0. The highest BCUT2D eigenvalue weighted by atomic mass is 35.5. The Morgan fingerprint density at radius 2 is 2.14 bits per heavy atom. The highest BCUT2D eigenvalue weighted by Gasteiger charge is 2.11. The van der Waals surface area contributed by atoms with Crippen LogP contribution in [0.3, 0.4) is 0 Å². The first kappa shape index (κ1) is 14.2. The highest BCUT2D eigenvalue weighted by molar-refractivity contribution is 7.71. The second-order valence-electron chi connectivity index (χ2n) is 4.34. The Labute approximate surface area is 135 Å². The molecule has 0 aliphatic rings. The van der Waals surface area contributed by atoms with Crippen molar-refractivity contribution in [3.8, 4) is 11.4 Å². The molecule has 21 heavy (non-hydrogen) atoms. The summed E-state index contributed by atoms with van der Waals surface area (Å²) >= 11 is 13.1. The number of rotatable bonds is 3. The fraction of sp³-hybridized carbons (Fsp3) is 0.0714. The molecule has 0 amide bonds. The predicted molar refractivity (Wildman–Crippen MR) is 89.9 cm³/mol. The molecule has 1 aromatic carbocycles. The van der Waals surface area contributed by atoms with Crippen LogP contribution in [0, 0.1) is 11.7 Å². The number of H-pyrrole nitrogens is 1. The number of aryl methyl sites for hydroxylation is 1. The van der Waals surface area contributed by atoms with Gasteiger partial charge in [0.1, 0.15) is 0 Å². The van der Waals surface area contributed by atoms with Crippen molar-refractivity contribution in [1.29, 1.82) is 0 Å². The smallest absolute Gasteiger partial charge is 0.216 e. The molecule has 0 aliphatic heterocycles. The molecule has 1 N–H and O–H groups in total. The molecule has 3 rings (SSSR count). The number of nitrogens with one attached hydrogen (secondary N) is 1. The zero-order chi connectivity index (χ0) is 14.8. The lowest BCUT2D eigenvalue weighted by molar-refractivity contribution is 0.872. The maximum Gasteiger partial charge on any atom is 0.216 e. The lowest BCUT2D eigenvalue weighted by Gasteiger charge is -2.02. The molecule has 0 saturated heterocycles. The van der Waals surface area contributed by atoms with Crippen molar-refractivity contribution in [3.05, 3.63) is 55.9 Å². The summed E-state index contributed by atoms with van der Waals surface area (Å²) in [6.07, 6.45) is 1.77. The summed E-state index contributed by atoms with van der Waals surface area (Å²) in [5.41, 5.74) is 0.783. The molecule has 0 fully saturated rings. The summed E-state index contributed by atoms with van der Waals surface area (Å²) in [6.45, 7) is 2.06. The van der Waals surface area contributed by atoms with Gasteiger partial charge in [0.25, 0.3) is 0 Å². The summed E-state index contributed by atoms with van der Waals surface area (Å²) in [4.78, 5) is 2.29. The van der Waals surface area contributed by atoms with Crippen molar-refractivity contribution in [1.82, 2.24) is 14.9 Å². The number of halogens is 1. The fourth-order valence-electron chi connectivity index (χ4n) is 1.85. The zero-order valence-corrected chi connectivity index (χ0v) is 13.5. The van der Waals surface area contributed by atoms with Crippen LogP contribution in [0.1, 0.15) is 9.75 Å². The first-order valence-corrected chi connectivity index (χ1v) is 7.78. The fourth-order valence-corrected chi connectivity index (χ4v) is 3.00. The molecule has 2 heterocycles. The SMILES string of the molecule is Cc1ccc(C=Nn2c(-c3ccccc3Cl)n[nH]c2=S)s1. The van der Waals surface area contributed by atoms with Gasteiger partial charge in [0.2, 0.25) is 4.77 Å². The van der Waals surface area contributed by atoms with Crippen LogP contribution < -0.4 is 0 Å². The maximum atomic E-state index is 6.21. The van der Waals surface area contributed by atoms with Crippen LogP contribution in [0.5, 0.6) is 0 Å². The molecule has 0 radical (unpaired) electrons. The van der Waals surface area contributed by atoms with E-state index >= 15 is 0 Å². The van der Waals surface area contributed by atoms with Crippen LogP contribution in [0.2, 0.25) is 5.02 Å². The number of benzene rings is 1. The van der Waals surface area contributed by atoms with E-state index in [9.17, 15) is 0 Å². The van der Waals surface area contributed by atoms with Crippen molar-refractivity contribution < 1.29 is 0 Å². The average Bonchev–Trinajstić information content (AvgIpc) is 3.04. The quantitative estimate of drug-likeness (QED) is 0.565. The van der Waals surface area contributed by atoms with Gasteiger partial charge in [0, 0.05) is 15.3 Å². The topological polar surface area (TPSA) is 46.0 Å². The number of thiophene rings is 1. The van der Waals surface area contributed by atoms with Crippen LogP contribution in [0.25, 0.3) is 11.4 Å². The molecule has 106 valence electrons. The van der Waals surface area contributed by atoms with Gasteiger partial charge in [-0.1, -0.05) is 23.7 Å². The minimum absolute atomic E-state index is 0.425. The van der Waals surface area contributed by atoms with Gasteiger partial charge in [-0.3, -0.25) is 0 Å². The van der Waals surface area contributed by atoms with Gasteiger partial charge in [0.15, 0.2) is 5.82 Å². The third kappa shape index (κ3) is 2.97. The van der Waals surface area contributed by atoms with Gasteiger partial charge in [-0.2, -0.15) is 14.9 Å². The third-order valence-electron chi connectivity index (χ3n) is 2.83. The molecule has 3 aromatic rings. The van der Waals surface area contributed by atoms with Gasteiger partial charge in [-0.15, -0.1) is 11.3 Å². The van der Waals surface area contributed by atoms with Gasteiger partial charge < -0.3 is 0 Å². The average molecular weight is 335 g/mol. The van der Waals surface area contributed by atoms with Crippen LogP contribution in [0.15, 0.2) is 41.5 Å². The predicted octanol–water partition coefficient (Wildman–Crippen LogP) is 4.51. The molecule has 0 atom stereocenters. The molecule has 0 aliphatic carbocycles. The van der Waals surface area contributed by atoms with Crippen molar-refractivity contribution in [2.24, 2.45) is 5.10 Å². The molecule has 0 unspecified atom stereocenters. The standard InChI is InChI=1S/C14H11ClN4S2/c1-9-6-7-10(21-9)8-16-19-13(17-18-14(19)20)11-4-2-3-5-12(11)15/h2-8H,1H3,(H,18,20). The van der Waals surface area contributed by atoms with Gasteiger partial charge in [-0.25, -0.2) is 5.10 Å². The lowest BCUT2D eigenvalue weighted by atomic mass is 10.2. The number of hydrogen-bond acceptors (Lipinski definition) is 4. The molecule has 0 spiro atoms. The molecular weight excluding hydrogens is 324 g/mol. The lowest BCUT2D eigenvalue weighted by Crippen LogP contribution is -1.94. The Morgan fingerprint density at radius 1 is 1.33 bits per heavy atom. The van der Waals surface area contributed by atoms with E-state index in [1.165, 1.54) is 4.88 Å². The van der Waals surface area contributed by atoms with Gasteiger partial charge in [0.05, 0.1) is 11.2 Å². The second-order valence-corrected chi connectivity index (χ2v) is 6.45. The summed E-state index contributed by atoms with van der Waals surface area (Å²) in [6, 6.07) is 11.5. The van der Waals surface area contributed by atoms with Crippen molar-refractivity contribution >= 4 is 41.4 Å². The van der Waals surface area contributed by atoms with E-state index in [2.05, 4.69) is 28.3 Å². The van der Waals surface area contributed by atoms with E-state index in [1.807, 2.05) is 30.3 Å². The molecule has 4 nitrogen and oxygen atoms in total. The summed E-state index contributed by atoms with van der Waals surface area (Å²) < 4.78 is 2.00. The van der Waals surface area contributed by atoms with E-state index in [0.29, 0.717) is 15.6 Å². The van der Waals surface area contributed by atoms with Gasteiger partial charge in [-0.05, 0) is 43.4 Å². The van der Waals surface area contributed by atoms with E-state index in [1.54, 1.807) is 22.2 Å². The van der Waals surface area contributed by atoms with Crippen molar-refractivity contribution in [3.63, 3.8) is 0 Å². The van der Waals surface area contributed by atoms with E-state index in [-0.39, 0.29) is 0 Å². The number of hydrogen-bond donors (Lipinski definition) is 1. The molecule has 0 saturated carbocycles. The van der Waals surface area contributed by atoms with Crippen LogP contribution in [0.4, 0.5) is 0 Å². The Balaban J connectivity index is 2.04. The summed E-state index contributed by atoms with van der Waals surface area (Å²) in [5.74, 6) is 0.593. The third-order valence-corrected chi connectivity index (χ3v) is 4.36. The number of nitrogens with zero attached hydrogens (tertiary/aromatic N) is 3. The number of aromatic amines is 1. The van der Waals surface area contributed by atoms with Crippen molar-refractivity contribution in [2.45, 2.75) is 6.92 Å². The highest BCUT2D eigenvalue weighted by Crippen LogP contribution is 2.26. The number of aromatic nitrogens is 3. The molecular formula is C14H11ClN4S2. The van der Waals surface area contributed by atoms with Crippen molar-refractivity contribution in [2.75, 3.05) is 0 Å². The summed E-state index contributed by atoms with van der Waals surface area (Å²) in [5, 5.41) is 12.0. The first-order valence-electron chi connectivity index (χ1n) is 6.18. The molecule has 2 aromatic heterocycles. The van der Waals surface area contributed by atoms with E-state index in [0.717, 1.165) is 10.4 Å². The normalized spacial score (nSPS) is 11.3. The molecule has 0 bridgehead atoms. The minimum Gasteiger partial charge on any atom is -0.250 e. The first-order chi connectivity index (χ1) is 10.1. The Bertz CT molecular complexity index is 860. The van der Waals surface area contributed by atoms with E-state index in [4.69, 9.17) is 23.8 Å². The maximum absolute atomic E-state index is 6.21. The second kappa shape index (κ2) is 5.93. The minimum atomic E-state index is 0.425. The largest absolute Gasteiger partial charge is 0.250 e. The Kier molecular flexibility index (Phi) is 4.01. The van der Waals surface area contributed by atoms with Crippen LogP contribution in [-0.2, 0) is 0 Å². The Hall–Kier alpha value is -1.76. The van der Waals surface area contributed by atoms with Crippen LogP contribution in [-0.4, -0.2) is 21.1 Å². The van der Waals surface area contributed by atoms with E-state index < -0.39 is 0 Å². The Morgan fingerprint density at radius 3 is 2.86 bits per heavy atom. The van der Waals surface area contributed by atoms with Gasteiger partial charge >= 0.3 is 0 Å². The zero-order valence-electron chi connectivity index (χ0n) is 11.1. The molecule has 7 heteroatoms. The monoisotopic (exact) mass is 334 g/mol. The van der Waals surface area contributed by atoms with Crippen LogP contribution >= 0.6 is 35.2 Å².